The predicted molar refractivity (Wildman–Crippen MR) is 73.3 cm³/mol. The van der Waals surface area contributed by atoms with Crippen LogP contribution in [0.3, 0.4) is 0 Å². The molecule has 102 valence electrons. The van der Waals surface area contributed by atoms with Gasteiger partial charge in [-0.25, -0.2) is 4.79 Å². The molecule has 2 heteroatoms. The molecule has 0 amide bonds. The molecule has 0 aromatic heterocycles. The van der Waals surface area contributed by atoms with Crippen LogP contribution < -0.4 is 0 Å². The second-order valence-electron chi connectivity index (χ2n) is 5.94. The van der Waals surface area contributed by atoms with Crippen molar-refractivity contribution in [3.05, 3.63) is 12.7 Å². The van der Waals surface area contributed by atoms with Crippen molar-refractivity contribution in [2.75, 3.05) is 0 Å². The van der Waals surface area contributed by atoms with Gasteiger partial charge in [-0.2, -0.15) is 0 Å². The molecule has 0 saturated heterocycles. The van der Waals surface area contributed by atoms with Crippen LogP contribution in [0.15, 0.2) is 12.7 Å². The molecule has 0 atom stereocenters. The summed E-state index contributed by atoms with van der Waals surface area (Å²) in [6.07, 6.45) is 15.0. The van der Waals surface area contributed by atoms with E-state index in [1.165, 1.54) is 63.9 Å². The van der Waals surface area contributed by atoms with Crippen molar-refractivity contribution in [3.63, 3.8) is 0 Å². The smallest absolute Gasteiger partial charge is 0.330 e. The highest BCUT2D eigenvalue weighted by atomic mass is 16.6. The van der Waals surface area contributed by atoms with Crippen molar-refractivity contribution in [1.29, 1.82) is 0 Å². The van der Waals surface area contributed by atoms with Crippen molar-refractivity contribution < 1.29 is 9.53 Å². The van der Waals surface area contributed by atoms with Gasteiger partial charge in [0.05, 0.1) is 0 Å². The molecule has 2 fully saturated rings. The van der Waals surface area contributed by atoms with Crippen molar-refractivity contribution in [1.82, 2.24) is 0 Å². The van der Waals surface area contributed by atoms with Crippen molar-refractivity contribution >= 4 is 5.97 Å². The first-order valence-electron chi connectivity index (χ1n) is 7.62. The molecule has 0 N–H and O–H groups in total. The molecule has 0 unspecified atom stereocenters. The molecule has 0 heterocycles. The predicted octanol–water partition coefficient (Wildman–Crippen LogP) is 4.39. The molecule has 0 spiro atoms. The van der Waals surface area contributed by atoms with Crippen LogP contribution in [0, 0.1) is 5.92 Å². The monoisotopic (exact) mass is 250 g/mol. The number of rotatable bonds is 3. The summed E-state index contributed by atoms with van der Waals surface area (Å²) >= 11 is 0. The molecule has 0 aromatic carbocycles. The maximum Gasteiger partial charge on any atom is 0.330 e. The molecule has 2 rings (SSSR count). The van der Waals surface area contributed by atoms with Gasteiger partial charge in [-0.05, 0) is 44.4 Å². The van der Waals surface area contributed by atoms with E-state index in [1.54, 1.807) is 0 Å². The van der Waals surface area contributed by atoms with Gasteiger partial charge in [-0.3, -0.25) is 0 Å². The van der Waals surface area contributed by atoms with Gasteiger partial charge in [0.2, 0.25) is 0 Å². The van der Waals surface area contributed by atoms with Crippen LogP contribution in [0.2, 0.25) is 0 Å². The molecule has 2 aliphatic carbocycles. The van der Waals surface area contributed by atoms with Gasteiger partial charge in [0.15, 0.2) is 0 Å². The summed E-state index contributed by atoms with van der Waals surface area (Å²) in [5.41, 5.74) is -0.159. The minimum Gasteiger partial charge on any atom is -0.456 e. The van der Waals surface area contributed by atoms with E-state index in [-0.39, 0.29) is 11.6 Å². The van der Waals surface area contributed by atoms with Crippen LogP contribution >= 0.6 is 0 Å². The second-order valence-corrected chi connectivity index (χ2v) is 5.94. The van der Waals surface area contributed by atoms with Crippen LogP contribution in [0.1, 0.15) is 70.6 Å². The molecule has 2 nitrogen and oxygen atoms in total. The summed E-state index contributed by atoms with van der Waals surface area (Å²) in [6.45, 7) is 3.55. The number of hydrogen-bond donors (Lipinski definition) is 0. The van der Waals surface area contributed by atoms with Crippen molar-refractivity contribution in [2.45, 2.75) is 76.2 Å². The Hall–Kier alpha value is -0.790. The third-order valence-electron chi connectivity index (χ3n) is 4.77. The van der Waals surface area contributed by atoms with E-state index in [1.807, 2.05) is 0 Å². The number of carbonyl (C=O) groups is 1. The lowest BCUT2D eigenvalue weighted by atomic mass is 9.72. The number of ether oxygens (including phenoxy) is 1. The third kappa shape index (κ3) is 3.15. The lowest BCUT2D eigenvalue weighted by Crippen LogP contribution is -2.44. The zero-order valence-corrected chi connectivity index (χ0v) is 11.5. The van der Waals surface area contributed by atoms with Gasteiger partial charge >= 0.3 is 5.97 Å². The highest BCUT2D eigenvalue weighted by Gasteiger charge is 2.42. The molecule has 2 aliphatic rings. The van der Waals surface area contributed by atoms with Gasteiger partial charge in [0.1, 0.15) is 5.60 Å². The molecular weight excluding hydrogens is 224 g/mol. The van der Waals surface area contributed by atoms with Crippen LogP contribution in [0.25, 0.3) is 0 Å². The molecular formula is C16H26O2. The van der Waals surface area contributed by atoms with Crippen molar-refractivity contribution in [3.8, 4) is 0 Å². The highest BCUT2D eigenvalue weighted by Crippen LogP contribution is 2.43. The minimum absolute atomic E-state index is 0.159. The van der Waals surface area contributed by atoms with E-state index in [0.717, 1.165) is 12.8 Å². The minimum atomic E-state index is -0.221. The van der Waals surface area contributed by atoms with Crippen LogP contribution in [0.4, 0.5) is 0 Å². The van der Waals surface area contributed by atoms with E-state index >= 15 is 0 Å². The summed E-state index contributed by atoms with van der Waals surface area (Å²) < 4.78 is 5.87. The fourth-order valence-electron chi connectivity index (χ4n) is 3.79. The summed E-state index contributed by atoms with van der Waals surface area (Å²) in [4.78, 5) is 11.7. The van der Waals surface area contributed by atoms with E-state index in [2.05, 4.69) is 6.58 Å². The van der Waals surface area contributed by atoms with Crippen LogP contribution in [-0.2, 0) is 9.53 Å². The zero-order valence-electron chi connectivity index (χ0n) is 11.5. The van der Waals surface area contributed by atoms with Gasteiger partial charge < -0.3 is 4.74 Å². The fraction of sp³-hybridized carbons (Fsp3) is 0.812. The van der Waals surface area contributed by atoms with Gasteiger partial charge in [0, 0.05) is 6.08 Å². The Balaban J connectivity index is 2.11. The van der Waals surface area contributed by atoms with Gasteiger partial charge in [0.25, 0.3) is 0 Å². The maximum atomic E-state index is 11.7. The molecule has 18 heavy (non-hydrogen) atoms. The topological polar surface area (TPSA) is 26.3 Å². The normalized spacial score (nSPS) is 25.1. The Bertz CT molecular complexity index is 281. The fourth-order valence-corrected chi connectivity index (χ4v) is 3.79. The molecule has 2 saturated carbocycles. The Morgan fingerprint density at radius 3 is 2.11 bits per heavy atom. The molecule has 0 aromatic rings. The second kappa shape index (κ2) is 6.40. The number of carbonyl (C=O) groups excluding carboxylic acids is 1. The standard InChI is InChI=1S/C16H26O2/c1-2-15(17)18-16(12-8-5-9-13-16)14-10-6-3-4-7-11-14/h2,14H,1,3-13H2. The summed E-state index contributed by atoms with van der Waals surface area (Å²) in [5, 5.41) is 0. The van der Waals surface area contributed by atoms with E-state index in [9.17, 15) is 4.79 Å². The van der Waals surface area contributed by atoms with Gasteiger partial charge in [-0.15, -0.1) is 0 Å². The lowest BCUT2D eigenvalue weighted by molar-refractivity contribution is -0.166. The van der Waals surface area contributed by atoms with Crippen LogP contribution in [0.5, 0.6) is 0 Å². The van der Waals surface area contributed by atoms with Crippen molar-refractivity contribution in [2.24, 2.45) is 5.92 Å². The number of hydrogen-bond acceptors (Lipinski definition) is 2. The quantitative estimate of drug-likeness (QED) is 0.422. The van der Waals surface area contributed by atoms with Gasteiger partial charge in [-0.1, -0.05) is 38.7 Å². The van der Waals surface area contributed by atoms with E-state index < -0.39 is 0 Å². The Labute approximate surface area is 111 Å². The Morgan fingerprint density at radius 1 is 1.00 bits per heavy atom. The molecule has 0 bridgehead atoms. The van der Waals surface area contributed by atoms with Crippen LogP contribution in [-0.4, -0.2) is 11.6 Å². The first-order chi connectivity index (χ1) is 8.77. The number of esters is 1. The zero-order chi connectivity index (χ0) is 12.8. The molecule has 0 aliphatic heterocycles. The molecule has 0 radical (unpaired) electrons. The Morgan fingerprint density at radius 2 is 1.56 bits per heavy atom. The highest BCUT2D eigenvalue weighted by molar-refractivity contribution is 5.81. The first-order valence-corrected chi connectivity index (χ1v) is 7.62. The lowest BCUT2D eigenvalue weighted by Gasteiger charge is -2.42. The average molecular weight is 250 g/mol. The van der Waals surface area contributed by atoms with E-state index in [0.29, 0.717) is 5.92 Å². The summed E-state index contributed by atoms with van der Waals surface area (Å²) in [6, 6.07) is 0. The maximum absolute atomic E-state index is 11.7. The third-order valence-corrected chi connectivity index (χ3v) is 4.77. The SMILES string of the molecule is C=CC(=O)OC1(C2CCCCCC2)CCCCC1. The summed E-state index contributed by atoms with van der Waals surface area (Å²) in [7, 11) is 0. The Kier molecular flexibility index (Phi) is 4.85. The largest absolute Gasteiger partial charge is 0.456 e. The first kappa shape index (κ1) is 13.6. The summed E-state index contributed by atoms with van der Waals surface area (Å²) in [5.74, 6) is 0.366. The van der Waals surface area contributed by atoms with E-state index in [4.69, 9.17) is 4.74 Å². The average Bonchev–Trinajstić information content (AvgIpc) is 2.69.